The van der Waals surface area contributed by atoms with Gasteiger partial charge >= 0.3 is 5.97 Å². The molecule has 0 spiro atoms. The number of aromatic nitrogens is 2. The van der Waals surface area contributed by atoms with Crippen LogP contribution >= 0.6 is 0 Å². The monoisotopic (exact) mass is 275 g/mol. The van der Waals surface area contributed by atoms with Crippen molar-refractivity contribution in [2.24, 2.45) is 23.5 Å². The zero-order valence-corrected chi connectivity index (χ0v) is 11.5. The number of rotatable bonds is 3. The quantitative estimate of drug-likeness (QED) is 0.882. The van der Waals surface area contributed by atoms with Gasteiger partial charge in [0.15, 0.2) is 0 Å². The van der Waals surface area contributed by atoms with Gasteiger partial charge in [0.2, 0.25) is 0 Å². The summed E-state index contributed by atoms with van der Waals surface area (Å²) in [5.41, 5.74) is 6.55. The highest BCUT2D eigenvalue weighted by Crippen LogP contribution is 2.58. The van der Waals surface area contributed by atoms with Gasteiger partial charge in [-0.05, 0) is 62.3 Å². The van der Waals surface area contributed by atoms with E-state index in [1.54, 1.807) is 12.3 Å². The van der Waals surface area contributed by atoms with Crippen LogP contribution in [0, 0.1) is 17.8 Å². The van der Waals surface area contributed by atoms with Crippen molar-refractivity contribution in [1.82, 2.24) is 9.78 Å². The predicted molar refractivity (Wildman–Crippen MR) is 72.9 cm³/mol. The van der Waals surface area contributed by atoms with Gasteiger partial charge in [-0.2, -0.15) is 5.10 Å². The van der Waals surface area contributed by atoms with Crippen LogP contribution in [-0.2, 0) is 10.3 Å². The van der Waals surface area contributed by atoms with E-state index >= 15 is 0 Å². The third-order valence-electron chi connectivity index (χ3n) is 5.71. The average molecular weight is 275 g/mol. The molecule has 4 fully saturated rings. The van der Waals surface area contributed by atoms with Crippen molar-refractivity contribution < 1.29 is 9.90 Å². The predicted octanol–water partition coefficient (Wildman–Crippen LogP) is 1.89. The van der Waals surface area contributed by atoms with E-state index in [9.17, 15) is 9.90 Å². The van der Waals surface area contributed by atoms with E-state index in [1.165, 1.54) is 19.3 Å². The van der Waals surface area contributed by atoms with Crippen LogP contribution in [0.3, 0.4) is 0 Å². The highest BCUT2D eigenvalue weighted by atomic mass is 16.4. The number of carbonyl (C=O) groups is 1. The maximum Gasteiger partial charge on any atom is 0.326 e. The molecule has 0 amide bonds. The van der Waals surface area contributed by atoms with Gasteiger partial charge in [-0.3, -0.25) is 9.48 Å². The summed E-state index contributed by atoms with van der Waals surface area (Å²) in [6.07, 6.45) is 9.25. The lowest BCUT2D eigenvalue weighted by Gasteiger charge is -2.57. The fourth-order valence-corrected chi connectivity index (χ4v) is 5.40. The minimum atomic E-state index is -0.975. The molecule has 1 aromatic rings. The van der Waals surface area contributed by atoms with E-state index in [2.05, 4.69) is 5.10 Å². The van der Waals surface area contributed by atoms with Crippen LogP contribution in [0.5, 0.6) is 0 Å². The summed E-state index contributed by atoms with van der Waals surface area (Å²) in [7, 11) is 0. The molecule has 4 saturated carbocycles. The van der Waals surface area contributed by atoms with Crippen LogP contribution in [-0.4, -0.2) is 20.9 Å². The summed E-state index contributed by atoms with van der Waals surface area (Å²) >= 11 is 0. The molecule has 5 heteroatoms. The molecule has 108 valence electrons. The highest BCUT2D eigenvalue weighted by molar-refractivity contribution is 5.74. The van der Waals surface area contributed by atoms with Gasteiger partial charge in [0.05, 0.1) is 11.2 Å². The summed E-state index contributed by atoms with van der Waals surface area (Å²) in [5.74, 6) is 1.44. The SMILES string of the molecule is NC(C(=O)O)c1ccnn1C12CC3CC(CC(C3)C1)C2. The fourth-order valence-electron chi connectivity index (χ4n) is 5.40. The molecule has 1 aromatic heterocycles. The molecule has 5 rings (SSSR count). The summed E-state index contributed by atoms with van der Waals surface area (Å²) in [6, 6.07) is 0.808. The van der Waals surface area contributed by atoms with Crippen LogP contribution in [0.25, 0.3) is 0 Å². The summed E-state index contributed by atoms with van der Waals surface area (Å²) in [5, 5.41) is 13.7. The molecule has 5 nitrogen and oxygen atoms in total. The lowest BCUT2D eigenvalue weighted by molar-refractivity contribution is -0.139. The van der Waals surface area contributed by atoms with Gasteiger partial charge in [0.25, 0.3) is 0 Å². The van der Waals surface area contributed by atoms with Crippen molar-refractivity contribution in [3.63, 3.8) is 0 Å². The number of carboxylic acids is 1. The van der Waals surface area contributed by atoms with E-state index in [0.29, 0.717) is 5.69 Å². The Kier molecular flexibility index (Phi) is 2.52. The lowest BCUT2D eigenvalue weighted by atomic mass is 9.53. The van der Waals surface area contributed by atoms with Crippen LogP contribution < -0.4 is 5.73 Å². The molecular weight excluding hydrogens is 254 g/mol. The van der Waals surface area contributed by atoms with Crippen molar-refractivity contribution in [3.8, 4) is 0 Å². The first-order valence-electron chi connectivity index (χ1n) is 7.60. The second-order valence-electron chi connectivity index (χ2n) is 7.13. The van der Waals surface area contributed by atoms with E-state index < -0.39 is 12.0 Å². The first kappa shape index (κ1) is 12.4. The van der Waals surface area contributed by atoms with E-state index in [0.717, 1.165) is 37.0 Å². The number of hydrogen-bond donors (Lipinski definition) is 2. The molecule has 1 unspecified atom stereocenters. The normalized spacial score (nSPS) is 40.0. The van der Waals surface area contributed by atoms with Crippen molar-refractivity contribution in [2.45, 2.75) is 50.1 Å². The third kappa shape index (κ3) is 1.65. The number of carboxylic acid groups (broad SMARTS) is 1. The molecule has 4 aliphatic carbocycles. The average Bonchev–Trinajstić information content (AvgIpc) is 2.85. The molecule has 1 heterocycles. The van der Waals surface area contributed by atoms with Gasteiger partial charge in [0.1, 0.15) is 6.04 Å². The Balaban J connectivity index is 1.74. The van der Waals surface area contributed by atoms with Gasteiger partial charge in [-0.1, -0.05) is 0 Å². The van der Waals surface area contributed by atoms with E-state index in [4.69, 9.17) is 5.73 Å². The maximum atomic E-state index is 11.2. The Morgan fingerprint density at radius 3 is 2.35 bits per heavy atom. The Morgan fingerprint density at radius 1 is 1.30 bits per heavy atom. The molecule has 20 heavy (non-hydrogen) atoms. The Hall–Kier alpha value is -1.36. The Bertz CT molecular complexity index is 516. The smallest absolute Gasteiger partial charge is 0.326 e. The van der Waals surface area contributed by atoms with E-state index in [-0.39, 0.29) is 5.54 Å². The second kappa shape index (κ2) is 4.07. The largest absolute Gasteiger partial charge is 0.480 e. The van der Waals surface area contributed by atoms with Crippen LogP contribution in [0.4, 0.5) is 0 Å². The van der Waals surface area contributed by atoms with Crippen molar-refractivity contribution in [2.75, 3.05) is 0 Å². The summed E-state index contributed by atoms with van der Waals surface area (Å²) in [4.78, 5) is 11.2. The lowest BCUT2D eigenvalue weighted by Crippen LogP contribution is -2.53. The molecular formula is C15H21N3O2. The molecule has 0 aliphatic heterocycles. The Labute approximate surface area is 118 Å². The molecule has 1 atom stereocenters. The first-order chi connectivity index (χ1) is 9.57. The van der Waals surface area contributed by atoms with Gasteiger partial charge in [-0.15, -0.1) is 0 Å². The van der Waals surface area contributed by atoms with Crippen LogP contribution in [0.1, 0.15) is 50.3 Å². The minimum Gasteiger partial charge on any atom is -0.480 e. The highest BCUT2D eigenvalue weighted by Gasteiger charge is 2.53. The molecule has 4 bridgehead atoms. The molecule has 4 aliphatic rings. The van der Waals surface area contributed by atoms with Gasteiger partial charge in [-0.25, -0.2) is 0 Å². The van der Waals surface area contributed by atoms with Gasteiger partial charge in [0, 0.05) is 6.20 Å². The molecule has 0 saturated heterocycles. The zero-order valence-electron chi connectivity index (χ0n) is 11.5. The second-order valence-corrected chi connectivity index (χ2v) is 7.13. The molecule has 0 aromatic carbocycles. The number of hydrogen-bond acceptors (Lipinski definition) is 3. The fraction of sp³-hybridized carbons (Fsp3) is 0.733. The molecule has 3 N–H and O–H groups in total. The van der Waals surface area contributed by atoms with Crippen molar-refractivity contribution >= 4 is 5.97 Å². The standard InChI is InChI=1S/C15H21N3O2/c16-13(14(19)20)12-1-2-17-18(12)15-6-9-3-10(7-15)5-11(4-9)8-15/h1-2,9-11,13H,3-8,16H2,(H,19,20). The van der Waals surface area contributed by atoms with Crippen molar-refractivity contribution in [3.05, 3.63) is 18.0 Å². The first-order valence-corrected chi connectivity index (χ1v) is 7.60. The number of nitrogens with zero attached hydrogens (tertiary/aromatic N) is 2. The number of aliphatic carboxylic acids is 1. The summed E-state index contributed by atoms with van der Waals surface area (Å²) in [6.45, 7) is 0. The van der Waals surface area contributed by atoms with Gasteiger partial charge < -0.3 is 10.8 Å². The Morgan fingerprint density at radius 2 is 1.85 bits per heavy atom. The summed E-state index contributed by atoms with van der Waals surface area (Å²) < 4.78 is 1.98. The van der Waals surface area contributed by atoms with Crippen LogP contribution in [0.2, 0.25) is 0 Å². The van der Waals surface area contributed by atoms with Crippen molar-refractivity contribution in [1.29, 1.82) is 0 Å². The zero-order chi connectivity index (χ0) is 13.9. The molecule has 0 radical (unpaired) electrons. The topological polar surface area (TPSA) is 81.1 Å². The minimum absolute atomic E-state index is 0.0423. The van der Waals surface area contributed by atoms with E-state index in [1.807, 2.05) is 4.68 Å². The number of nitrogens with two attached hydrogens (primary N) is 1. The maximum absolute atomic E-state index is 11.2. The van der Waals surface area contributed by atoms with Crippen LogP contribution in [0.15, 0.2) is 12.3 Å². The third-order valence-corrected chi connectivity index (χ3v) is 5.71.